The quantitative estimate of drug-likeness (QED) is 0.736. The molecule has 6 nitrogen and oxygen atoms in total. The van der Waals surface area contributed by atoms with E-state index in [2.05, 4.69) is 11.4 Å². The Labute approximate surface area is 135 Å². The van der Waals surface area contributed by atoms with Crippen molar-refractivity contribution in [3.05, 3.63) is 29.3 Å². The van der Waals surface area contributed by atoms with E-state index in [1.807, 2.05) is 19.1 Å². The van der Waals surface area contributed by atoms with Crippen LogP contribution in [0.3, 0.4) is 0 Å². The zero-order chi connectivity index (χ0) is 16.4. The summed E-state index contributed by atoms with van der Waals surface area (Å²) in [6, 6.07) is 5.47. The van der Waals surface area contributed by atoms with Gasteiger partial charge in [-0.05, 0) is 30.5 Å². The first kappa shape index (κ1) is 16.2. The maximum atomic E-state index is 12.0. The van der Waals surface area contributed by atoms with Gasteiger partial charge in [0.25, 0.3) is 0 Å². The first-order chi connectivity index (χ1) is 11.0. The van der Waals surface area contributed by atoms with Crippen LogP contribution in [-0.2, 0) is 22.4 Å². The molecule has 1 saturated heterocycles. The minimum absolute atomic E-state index is 0.100. The van der Waals surface area contributed by atoms with Gasteiger partial charge < -0.3 is 25.0 Å². The lowest BCUT2D eigenvalue weighted by molar-refractivity contribution is -0.131. The molecule has 0 saturated carbocycles. The van der Waals surface area contributed by atoms with Crippen LogP contribution in [0, 0.1) is 0 Å². The van der Waals surface area contributed by atoms with Crippen molar-refractivity contribution in [2.75, 3.05) is 13.2 Å². The van der Waals surface area contributed by atoms with Gasteiger partial charge in [-0.2, -0.15) is 0 Å². The van der Waals surface area contributed by atoms with Crippen LogP contribution in [0.4, 0.5) is 0 Å². The Morgan fingerprint density at radius 2 is 2.17 bits per heavy atom. The normalized spacial score (nSPS) is 29.7. The highest BCUT2D eigenvalue weighted by atomic mass is 16.5. The number of nitrogens with one attached hydrogen (secondary N) is 1. The van der Waals surface area contributed by atoms with Crippen LogP contribution >= 0.6 is 0 Å². The van der Waals surface area contributed by atoms with Gasteiger partial charge in [0.05, 0.1) is 19.3 Å². The second-order valence-corrected chi connectivity index (χ2v) is 6.34. The van der Waals surface area contributed by atoms with Gasteiger partial charge in [0.2, 0.25) is 5.91 Å². The highest BCUT2D eigenvalue weighted by Gasteiger charge is 2.32. The smallest absolute Gasteiger partial charge is 0.220 e. The number of hydrogen-bond donors (Lipinski definition) is 3. The zero-order valence-corrected chi connectivity index (χ0v) is 13.2. The number of ether oxygens (including phenoxy) is 2. The van der Waals surface area contributed by atoms with E-state index in [-0.39, 0.29) is 25.2 Å². The summed E-state index contributed by atoms with van der Waals surface area (Å²) in [6.07, 6.45) is 0.134. The molecule has 2 heterocycles. The fourth-order valence-electron chi connectivity index (χ4n) is 3.08. The maximum Gasteiger partial charge on any atom is 0.220 e. The molecule has 1 aromatic rings. The van der Waals surface area contributed by atoms with E-state index in [0.29, 0.717) is 12.8 Å². The summed E-state index contributed by atoms with van der Waals surface area (Å²) in [7, 11) is 0. The number of rotatable bonds is 4. The van der Waals surface area contributed by atoms with Gasteiger partial charge >= 0.3 is 0 Å². The SMILES string of the molecule is C[C@H]1Cc2cc(CCC(=O)N[C@@H]3COC[C@@H](O)[C@H]3O)ccc2O1. The van der Waals surface area contributed by atoms with Crippen LogP contribution < -0.4 is 10.1 Å². The predicted octanol–water partition coefficient (Wildman–Crippen LogP) is 0.179. The first-order valence-electron chi connectivity index (χ1n) is 8.04. The average molecular weight is 321 g/mol. The Morgan fingerprint density at radius 3 is 3.00 bits per heavy atom. The highest BCUT2D eigenvalue weighted by molar-refractivity contribution is 5.76. The number of benzene rings is 1. The molecule has 0 spiro atoms. The minimum Gasteiger partial charge on any atom is -0.490 e. The molecule has 1 amide bonds. The second-order valence-electron chi connectivity index (χ2n) is 6.34. The number of fused-ring (bicyclic) bond motifs is 1. The number of aliphatic hydroxyl groups excluding tert-OH is 2. The summed E-state index contributed by atoms with van der Waals surface area (Å²) in [6.45, 7) is 2.36. The molecule has 0 bridgehead atoms. The van der Waals surface area contributed by atoms with Gasteiger partial charge in [0.15, 0.2) is 0 Å². The largest absolute Gasteiger partial charge is 0.490 e. The lowest BCUT2D eigenvalue weighted by Gasteiger charge is -2.32. The Morgan fingerprint density at radius 1 is 1.35 bits per heavy atom. The predicted molar refractivity (Wildman–Crippen MR) is 83.3 cm³/mol. The van der Waals surface area contributed by atoms with Gasteiger partial charge in [-0.15, -0.1) is 0 Å². The summed E-state index contributed by atoms with van der Waals surface area (Å²) in [4.78, 5) is 12.0. The number of carbonyl (C=O) groups excluding carboxylic acids is 1. The van der Waals surface area contributed by atoms with Crippen molar-refractivity contribution in [3.8, 4) is 5.75 Å². The molecule has 126 valence electrons. The number of hydrogen-bond acceptors (Lipinski definition) is 5. The van der Waals surface area contributed by atoms with Gasteiger partial charge in [-0.1, -0.05) is 12.1 Å². The molecule has 4 atom stereocenters. The molecule has 23 heavy (non-hydrogen) atoms. The highest BCUT2D eigenvalue weighted by Crippen LogP contribution is 2.29. The van der Waals surface area contributed by atoms with Crippen LogP contribution in [0.15, 0.2) is 18.2 Å². The van der Waals surface area contributed by atoms with Crippen LogP contribution in [-0.4, -0.2) is 53.7 Å². The van der Waals surface area contributed by atoms with E-state index in [0.717, 1.165) is 17.7 Å². The van der Waals surface area contributed by atoms with Crippen molar-refractivity contribution in [1.29, 1.82) is 0 Å². The zero-order valence-electron chi connectivity index (χ0n) is 13.2. The van der Waals surface area contributed by atoms with Gasteiger partial charge in [0.1, 0.15) is 24.1 Å². The Kier molecular flexibility index (Phi) is 4.84. The molecule has 3 N–H and O–H groups in total. The molecule has 0 aliphatic carbocycles. The summed E-state index contributed by atoms with van der Waals surface area (Å²) in [5.74, 6) is 0.777. The second kappa shape index (κ2) is 6.86. The van der Waals surface area contributed by atoms with E-state index in [4.69, 9.17) is 9.47 Å². The fraction of sp³-hybridized carbons (Fsp3) is 0.588. The lowest BCUT2D eigenvalue weighted by Crippen LogP contribution is -2.55. The molecule has 1 aromatic carbocycles. The van der Waals surface area contributed by atoms with Gasteiger partial charge in [-0.3, -0.25) is 4.79 Å². The van der Waals surface area contributed by atoms with Crippen LogP contribution in [0.1, 0.15) is 24.5 Å². The van der Waals surface area contributed by atoms with E-state index in [1.54, 1.807) is 0 Å². The van der Waals surface area contributed by atoms with Gasteiger partial charge in [-0.25, -0.2) is 0 Å². The number of aliphatic hydroxyl groups is 2. The van der Waals surface area contributed by atoms with E-state index in [1.165, 1.54) is 5.56 Å². The molecular formula is C17H23NO5. The standard InChI is InChI=1S/C17H23NO5/c1-10-6-12-7-11(2-4-15(12)23-10)3-5-16(20)18-13-8-22-9-14(19)17(13)21/h2,4,7,10,13-14,17,19,21H,3,5-6,8-9H2,1H3,(H,18,20)/t10-,13+,14+,17-/m0/s1. The molecule has 0 aromatic heterocycles. The molecule has 3 rings (SSSR count). The lowest BCUT2D eigenvalue weighted by atomic mass is 10.0. The average Bonchev–Trinajstić information content (AvgIpc) is 2.89. The molecule has 0 unspecified atom stereocenters. The molecule has 0 radical (unpaired) electrons. The van der Waals surface area contributed by atoms with Crippen LogP contribution in [0.25, 0.3) is 0 Å². The molecule has 2 aliphatic heterocycles. The monoisotopic (exact) mass is 321 g/mol. The number of aryl methyl sites for hydroxylation is 1. The van der Waals surface area contributed by atoms with Gasteiger partial charge in [0, 0.05) is 12.8 Å². The van der Waals surface area contributed by atoms with E-state index in [9.17, 15) is 15.0 Å². The third kappa shape index (κ3) is 3.83. The van der Waals surface area contributed by atoms with Crippen molar-refractivity contribution in [2.45, 2.75) is 50.5 Å². The molecule has 1 fully saturated rings. The summed E-state index contributed by atoms with van der Waals surface area (Å²) < 4.78 is 10.8. The van der Waals surface area contributed by atoms with Crippen molar-refractivity contribution in [3.63, 3.8) is 0 Å². The molecule has 2 aliphatic rings. The van der Waals surface area contributed by atoms with Crippen LogP contribution in [0.5, 0.6) is 5.75 Å². The van der Waals surface area contributed by atoms with Crippen LogP contribution in [0.2, 0.25) is 0 Å². The van der Waals surface area contributed by atoms with Crippen molar-refractivity contribution < 1.29 is 24.5 Å². The summed E-state index contributed by atoms with van der Waals surface area (Å²) in [5.41, 5.74) is 2.28. The first-order valence-corrected chi connectivity index (χ1v) is 8.04. The van der Waals surface area contributed by atoms with E-state index < -0.39 is 18.2 Å². The third-order valence-electron chi connectivity index (χ3n) is 4.34. The van der Waals surface area contributed by atoms with E-state index >= 15 is 0 Å². The third-order valence-corrected chi connectivity index (χ3v) is 4.34. The summed E-state index contributed by atoms with van der Waals surface area (Å²) >= 11 is 0. The molecular weight excluding hydrogens is 298 g/mol. The fourth-order valence-corrected chi connectivity index (χ4v) is 3.08. The Hall–Kier alpha value is -1.63. The topological polar surface area (TPSA) is 88.0 Å². The molecule has 6 heteroatoms. The van der Waals surface area contributed by atoms with Crippen molar-refractivity contribution >= 4 is 5.91 Å². The maximum absolute atomic E-state index is 12.0. The van der Waals surface area contributed by atoms with Crippen molar-refractivity contribution in [2.24, 2.45) is 0 Å². The Bertz CT molecular complexity index is 576. The summed E-state index contributed by atoms with van der Waals surface area (Å²) in [5, 5.41) is 22.1. The number of amides is 1. The van der Waals surface area contributed by atoms with Crippen molar-refractivity contribution in [1.82, 2.24) is 5.32 Å². The minimum atomic E-state index is -0.980. The number of carbonyl (C=O) groups is 1. The Balaban J connectivity index is 1.50.